The van der Waals surface area contributed by atoms with Crippen molar-refractivity contribution in [1.29, 1.82) is 0 Å². The third-order valence-electron chi connectivity index (χ3n) is 3.74. The van der Waals surface area contributed by atoms with Crippen LogP contribution in [0.25, 0.3) is 5.65 Å². The van der Waals surface area contributed by atoms with Gasteiger partial charge in [-0.15, -0.1) is 0 Å². The molecule has 5 heteroatoms. The van der Waals surface area contributed by atoms with Crippen molar-refractivity contribution in [2.24, 2.45) is 5.92 Å². The van der Waals surface area contributed by atoms with E-state index in [1.807, 2.05) is 40.7 Å². The summed E-state index contributed by atoms with van der Waals surface area (Å²) in [5.41, 5.74) is 1.68. The highest BCUT2D eigenvalue weighted by Gasteiger charge is 2.21. The molecule has 108 valence electrons. The van der Waals surface area contributed by atoms with Crippen LogP contribution in [0.5, 0.6) is 0 Å². The zero-order chi connectivity index (χ0) is 13.9. The molecule has 0 amide bonds. The van der Waals surface area contributed by atoms with Crippen molar-refractivity contribution in [2.75, 3.05) is 31.7 Å². The normalized spacial score (nSPS) is 14.9. The molecule has 2 aromatic heterocycles. The SMILES string of the molecule is CN(CCOCC1CC1)c1nc2ccccn2c1CO. The molecule has 1 fully saturated rings. The van der Waals surface area contributed by atoms with Crippen molar-refractivity contribution in [3.8, 4) is 0 Å². The lowest BCUT2D eigenvalue weighted by atomic mass is 10.4. The van der Waals surface area contributed by atoms with Crippen LogP contribution < -0.4 is 4.90 Å². The maximum Gasteiger partial charge on any atom is 0.153 e. The van der Waals surface area contributed by atoms with Crippen LogP contribution in [0.15, 0.2) is 24.4 Å². The van der Waals surface area contributed by atoms with Crippen LogP contribution in [0, 0.1) is 5.92 Å². The molecule has 0 spiro atoms. The summed E-state index contributed by atoms with van der Waals surface area (Å²) in [4.78, 5) is 6.63. The van der Waals surface area contributed by atoms with Gasteiger partial charge in [-0.05, 0) is 30.9 Å². The molecule has 1 saturated carbocycles. The van der Waals surface area contributed by atoms with Gasteiger partial charge in [0.05, 0.1) is 18.9 Å². The zero-order valence-corrected chi connectivity index (χ0v) is 11.8. The van der Waals surface area contributed by atoms with Crippen LogP contribution in [0.3, 0.4) is 0 Å². The average molecular weight is 275 g/mol. The number of fused-ring (bicyclic) bond motifs is 1. The van der Waals surface area contributed by atoms with Crippen molar-refractivity contribution in [3.63, 3.8) is 0 Å². The number of likely N-dealkylation sites (N-methyl/N-ethyl adjacent to an activating group) is 1. The first kappa shape index (κ1) is 13.4. The number of aromatic nitrogens is 2. The van der Waals surface area contributed by atoms with E-state index in [-0.39, 0.29) is 6.61 Å². The van der Waals surface area contributed by atoms with Crippen molar-refractivity contribution in [3.05, 3.63) is 30.1 Å². The highest BCUT2D eigenvalue weighted by molar-refractivity contribution is 5.55. The summed E-state index contributed by atoms with van der Waals surface area (Å²) in [6.07, 6.45) is 4.56. The van der Waals surface area contributed by atoms with E-state index < -0.39 is 0 Å². The van der Waals surface area contributed by atoms with Crippen LogP contribution in [0.2, 0.25) is 0 Å². The van der Waals surface area contributed by atoms with E-state index in [0.29, 0.717) is 6.61 Å². The third kappa shape index (κ3) is 2.78. The van der Waals surface area contributed by atoms with Crippen molar-refractivity contribution in [1.82, 2.24) is 9.38 Å². The molecule has 0 bridgehead atoms. The van der Waals surface area contributed by atoms with E-state index in [1.165, 1.54) is 12.8 Å². The van der Waals surface area contributed by atoms with Gasteiger partial charge in [0.2, 0.25) is 0 Å². The minimum Gasteiger partial charge on any atom is -0.390 e. The highest BCUT2D eigenvalue weighted by atomic mass is 16.5. The minimum absolute atomic E-state index is 0.0201. The van der Waals surface area contributed by atoms with E-state index in [2.05, 4.69) is 4.98 Å². The molecule has 1 aliphatic rings. The number of nitrogens with zero attached hydrogens (tertiary/aromatic N) is 3. The Balaban J connectivity index is 1.67. The standard InChI is InChI=1S/C15H21N3O2/c1-17(8-9-20-11-12-5-6-12)15-13(10-19)18-7-3-2-4-14(18)16-15/h2-4,7,12,19H,5-6,8-11H2,1H3. The second-order valence-corrected chi connectivity index (χ2v) is 5.41. The summed E-state index contributed by atoms with van der Waals surface area (Å²) >= 11 is 0. The maximum absolute atomic E-state index is 9.59. The molecule has 1 N–H and O–H groups in total. The van der Waals surface area contributed by atoms with Gasteiger partial charge in [-0.3, -0.25) is 4.40 Å². The number of ether oxygens (including phenoxy) is 1. The van der Waals surface area contributed by atoms with Gasteiger partial charge in [0.1, 0.15) is 5.65 Å². The number of hydrogen-bond acceptors (Lipinski definition) is 4. The molecule has 0 aromatic carbocycles. The molecule has 1 aliphatic carbocycles. The molecular formula is C15H21N3O2. The predicted molar refractivity (Wildman–Crippen MR) is 77.9 cm³/mol. The van der Waals surface area contributed by atoms with Gasteiger partial charge in [-0.1, -0.05) is 6.07 Å². The number of anilines is 1. The fraction of sp³-hybridized carbons (Fsp3) is 0.533. The van der Waals surface area contributed by atoms with Crippen molar-refractivity contribution in [2.45, 2.75) is 19.4 Å². The molecule has 0 unspecified atom stereocenters. The van der Waals surface area contributed by atoms with Gasteiger partial charge < -0.3 is 14.7 Å². The van der Waals surface area contributed by atoms with Gasteiger partial charge in [-0.2, -0.15) is 0 Å². The minimum atomic E-state index is -0.0201. The summed E-state index contributed by atoms with van der Waals surface area (Å²) in [6, 6.07) is 5.84. The molecule has 0 saturated heterocycles. The van der Waals surface area contributed by atoms with Crippen LogP contribution in [-0.2, 0) is 11.3 Å². The summed E-state index contributed by atoms with van der Waals surface area (Å²) in [5, 5.41) is 9.59. The van der Waals surface area contributed by atoms with Crippen LogP contribution >= 0.6 is 0 Å². The van der Waals surface area contributed by atoms with E-state index in [9.17, 15) is 5.11 Å². The fourth-order valence-corrected chi connectivity index (χ4v) is 2.33. The van der Waals surface area contributed by atoms with E-state index in [4.69, 9.17) is 4.74 Å². The lowest BCUT2D eigenvalue weighted by Gasteiger charge is -2.17. The zero-order valence-electron chi connectivity index (χ0n) is 11.8. The van der Waals surface area contributed by atoms with E-state index in [0.717, 1.165) is 36.2 Å². The van der Waals surface area contributed by atoms with Crippen molar-refractivity contribution < 1.29 is 9.84 Å². The third-order valence-corrected chi connectivity index (χ3v) is 3.74. The molecule has 2 heterocycles. The number of rotatable bonds is 7. The summed E-state index contributed by atoms with van der Waals surface area (Å²) in [6.45, 7) is 2.34. The summed E-state index contributed by atoms with van der Waals surface area (Å²) in [5.74, 6) is 1.62. The Labute approximate surface area is 118 Å². The summed E-state index contributed by atoms with van der Waals surface area (Å²) in [7, 11) is 1.99. The largest absolute Gasteiger partial charge is 0.390 e. The molecule has 0 aliphatic heterocycles. The van der Waals surface area contributed by atoms with E-state index >= 15 is 0 Å². The Morgan fingerprint density at radius 3 is 3.05 bits per heavy atom. The van der Waals surface area contributed by atoms with Gasteiger partial charge in [0, 0.05) is 26.4 Å². The van der Waals surface area contributed by atoms with Crippen molar-refractivity contribution >= 4 is 11.5 Å². The fourth-order valence-electron chi connectivity index (χ4n) is 2.33. The van der Waals surface area contributed by atoms with E-state index in [1.54, 1.807) is 0 Å². The number of aliphatic hydroxyl groups excluding tert-OH is 1. The number of hydrogen-bond donors (Lipinski definition) is 1. The first-order valence-corrected chi connectivity index (χ1v) is 7.15. The Bertz CT molecular complexity index is 578. The highest BCUT2D eigenvalue weighted by Crippen LogP contribution is 2.28. The molecule has 5 nitrogen and oxygen atoms in total. The molecule has 2 aromatic rings. The molecule has 0 atom stereocenters. The average Bonchev–Trinajstić information content (AvgIpc) is 3.21. The summed E-state index contributed by atoms with van der Waals surface area (Å²) < 4.78 is 7.59. The number of pyridine rings is 1. The molecule has 0 radical (unpaired) electrons. The predicted octanol–water partition coefficient (Wildman–Crippen LogP) is 1.69. The maximum atomic E-state index is 9.59. The van der Waals surface area contributed by atoms with Crippen LogP contribution in [0.4, 0.5) is 5.82 Å². The monoisotopic (exact) mass is 275 g/mol. The first-order chi connectivity index (χ1) is 9.79. The molecule has 20 heavy (non-hydrogen) atoms. The van der Waals surface area contributed by atoms with Gasteiger partial charge >= 0.3 is 0 Å². The quantitative estimate of drug-likeness (QED) is 0.781. The van der Waals surface area contributed by atoms with Crippen LogP contribution in [-0.4, -0.2) is 41.3 Å². The van der Waals surface area contributed by atoms with Gasteiger partial charge in [0.15, 0.2) is 5.82 Å². The Hall–Kier alpha value is -1.59. The molecular weight excluding hydrogens is 254 g/mol. The second kappa shape index (κ2) is 5.81. The Kier molecular flexibility index (Phi) is 3.89. The molecule has 3 rings (SSSR count). The van der Waals surface area contributed by atoms with Gasteiger partial charge in [-0.25, -0.2) is 4.98 Å². The Morgan fingerprint density at radius 1 is 1.45 bits per heavy atom. The lowest BCUT2D eigenvalue weighted by molar-refractivity contribution is 0.130. The Morgan fingerprint density at radius 2 is 2.30 bits per heavy atom. The lowest BCUT2D eigenvalue weighted by Crippen LogP contribution is -2.24. The second-order valence-electron chi connectivity index (χ2n) is 5.41. The van der Waals surface area contributed by atoms with Gasteiger partial charge in [0.25, 0.3) is 0 Å². The number of aliphatic hydroxyl groups is 1. The number of imidazole rings is 1. The topological polar surface area (TPSA) is 50.0 Å². The first-order valence-electron chi connectivity index (χ1n) is 7.15. The smallest absolute Gasteiger partial charge is 0.153 e. The van der Waals surface area contributed by atoms with Crippen LogP contribution in [0.1, 0.15) is 18.5 Å².